The van der Waals surface area contributed by atoms with Crippen LogP contribution in [0.5, 0.6) is 5.75 Å². The number of hydrogen-bond donors (Lipinski definition) is 1. The molecule has 0 aromatic heterocycles. The van der Waals surface area contributed by atoms with Crippen molar-refractivity contribution in [2.75, 3.05) is 25.7 Å². The number of allylic oxidation sites excluding steroid dienone is 1. The highest BCUT2D eigenvalue weighted by Crippen LogP contribution is 2.45. The Morgan fingerprint density at radius 1 is 1.14 bits per heavy atom. The minimum absolute atomic E-state index is 0.111. The summed E-state index contributed by atoms with van der Waals surface area (Å²) in [7, 11) is 2.20. The van der Waals surface area contributed by atoms with Gasteiger partial charge in [0.15, 0.2) is 0 Å². The maximum Gasteiger partial charge on any atom is 0.355 e. The summed E-state index contributed by atoms with van der Waals surface area (Å²) in [5.74, 6) is -3.08. The van der Waals surface area contributed by atoms with Gasteiger partial charge in [-0.1, -0.05) is 30.3 Å². The van der Waals surface area contributed by atoms with Crippen LogP contribution >= 0.6 is 0 Å². The van der Waals surface area contributed by atoms with Crippen LogP contribution in [-0.2, 0) is 19.1 Å². The number of ether oxygens (including phenoxy) is 3. The first-order valence-corrected chi connectivity index (χ1v) is 10.4. The first kappa shape index (κ1) is 24.8. The number of nitrogens with zero attached hydrogens (tertiary/aromatic N) is 3. The molecule has 0 radical (unpaired) electrons. The first-order valence-electron chi connectivity index (χ1n) is 10.4. The van der Waals surface area contributed by atoms with Crippen LogP contribution in [0.25, 0.3) is 0 Å². The number of carbonyl (C=O) groups is 2. The molecule has 180 valence electrons. The Kier molecular flexibility index (Phi) is 7.36. The molecule has 0 amide bonds. The zero-order valence-corrected chi connectivity index (χ0v) is 19.2. The molecular formula is C24H22N4O7. The summed E-state index contributed by atoms with van der Waals surface area (Å²) >= 11 is 0. The van der Waals surface area contributed by atoms with Crippen molar-refractivity contribution in [3.05, 3.63) is 86.9 Å². The maximum absolute atomic E-state index is 13.1. The fraction of sp³-hybridized carbons (Fsp3) is 0.208. The van der Waals surface area contributed by atoms with Crippen LogP contribution in [-0.4, -0.2) is 37.7 Å². The zero-order valence-electron chi connectivity index (χ0n) is 19.2. The van der Waals surface area contributed by atoms with E-state index in [1.54, 1.807) is 37.3 Å². The van der Waals surface area contributed by atoms with Gasteiger partial charge < -0.3 is 19.9 Å². The van der Waals surface area contributed by atoms with Gasteiger partial charge in [0.1, 0.15) is 23.0 Å². The minimum Gasteiger partial charge on any atom is -0.494 e. The zero-order chi connectivity index (χ0) is 25.7. The van der Waals surface area contributed by atoms with Crippen molar-refractivity contribution in [3.8, 4) is 11.8 Å². The fourth-order valence-electron chi connectivity index (χ4n) is 3.86. The van der Waals surface area contributed by atoms with Gasteiger partial charge in [-0.25, -0.2) is 9.59 Å². The molecule has 2 N–H and O–H groups in total. The first-order chi connectivity index (χ1) is 16.8. The average molecular weight is 478 g/mol. The molecule has 1 unspecified atom stereocenters. The number of nitrogens with two attached hydrogens (primary N) is 1. The van der Waals surface area contributed by atoms with Crippen molar-refractivity contribution in [2.24, 2.45) is 5.73 Å². The van der Waals surface area contributed by atoms with E-state index >= 15 is 0 Å². The molecule has 0 fully saturated rings. The molecule has 1 heterocycles. The van der Waals surface area contributed by atoms with E-state index in [2.05, 4.69) is 0 Å². The predicted octanol–water partition coefficient (Wildman–Crippen LogP) is 2.89. The number of esters is 2. The van der Waals surface area contributed by atoms with E-state index in [1.165, 1.54) is 18.2 Å². The van der Waals surface area contributed by atoms with Gasteiger partial charge in [-0.05, 0) is 18.6 Å². The van der Waals surface area contributed by atoms with Gasteiger partial charge in [-0.3, -0.25) is 15.0 Å². The topological polar surface area (TPSA) is 158 Å². The third kappa shape index (κ3) is 4.49. The molecule has 0 saturated carbocycles. The van der Waals surface area contributed by atoms with E-state index in [0.29, 0.717) is 5.56 Å². The molecule has 1 aliphatic heterocycles. The molecule has 11 nitrogen and oxygen atoms in total. The van der Waals surface area contributed by atoms with Crippen LogP contribution in [0, 0.1) is 21.4 Å². The summed E-state index contributed by atoms with van der Waals surface area (Å²) in [6, 6.07) is 14.3. The lowest BCUT2D eigenvalue weighted by molar-refractivity contribution is -0.384. The van der Waals surface area contributed by atoms with Crippen LogP contribution in [0.1, 0.15) is 18.4 Å². The smallest absolute Gasteiger partial charge is 0.355 e. The van der Waals surface area contributed by atoms with Gasteiger partial charge >= 0.3 is 11.9 Å². The Morgan fingerprint density at radius 2 is 1.80 bits per heavy atom. The molecule has 1 aliphatic rings. The SMILES string of the molecule is CCOc1ccc([N+](=O)[O-])c(N2C(N)=C(C#N)C(c3ccccc3)C(C(=O)OC)=C2C(=O)OC)c1. The third-order valence-electron chi connectivity index (χ3n) is 5.31. The van der Waals surface area contributed by atoms with E-state index in [1.807, 2.05) is 6.07 Å². The fourth-order valence-corrected chi connectivity index (χ4v) is 3.86. The van der Waals surface area contributed by atoms with E-state index in [9.17, 15) is 25.0 Å². The molecule has 0 saturated heterocycles. The van der Waals surface area contributed by atoms with Crippen molar-refractivity contribution >= 4 is 23.3 Å². The number of carbonyl (C=O) groups excluding carboxylic acids is 2. The van der Waals surface area contributed by atoms with E-state index in [0.717, 1.165) is 19.1 Å². The predicted molar refractivity (Wildman–Crippen MR) is 124 cm³/mol. The van der Waals surface area contributed by atoms with Crippen LogP contribution in [0.15, 0.2) is 71.2 Å². The van der Waals surface area contributed by atoms with E-state index in [4.69, 9.17) is 19.9 Å². The number of nitro benzene ring substituents is 1. The minimum atomic E-state index is -1.09. The van der Waals surface area contributed by atoms with Crippen molar-refractivity contribution in [2.45, 2.75) is 12.8 Å². The maximum atomic E-state index is 13.1. The molecule has 3 rings (SSSR count). The van der Waals surface area contributed by atoms with Gasteiger partial charge in [0.05, 0.1) is 48.9 Å². The van der Waals surface area contributed by atoms with Crippen LogP contribution in [0.2, 0.25) is 0 Å². The van der Waals surface area contributed by atoms with Crippen molar-refractivity contribution in [1.82, 2.24) is 0 Å². The summed E-state index contributed by atoms with van der Waals surface area (Å²) in [5, 5.41) is 22.0. The summed E-state index contributed by atoms with van der Waals surface area (Å²) in [5.41, 5.74) is 5.45. The highest BCUT2D eigenvalue weighted by atomic mass is 16.6. The third-order valence-corrected chi connectivity index (χ3v) is 5.31. The highest BCUT2D eigenvalue weighted by molar-refractivity contribution is 6.06. The van der Waals surface area contributed by atoms with Crippen molar-refractivity contribution in [1.29, 1.82) is 5.26 Å². The number of anilines is 1. The lowest BCUT2D eigenvalue weighted by Gasteiger charge is -2.35. The molecule has 11 heteroatoms. The molecule has 0 aliphatic carbocycles. The van der Waals surface area contributed by atoms with Gasteiger partial charge in [-0.15, -0.1) is 0 Å². The molecule has 1 atom stereocenters. The Labute approximate surface area is 200 Å². The van der Waals surface area contributed by atoms with Crippen molar-refractivity contribution < 1.29 is 28.7 Å². The normalized spacial score (nSPS) is 15.4. The number of hydrogen-bond acceptors (Lipinski definition) is 10. The molecule has 2 aromatic carbocycles. The lowest BCUT2D eigenvalue weighted by atomic mass is 9.81. The summed E-state index contributed by atoms with van der Waals surface area (Å²) < 4.78 is 15.4. The Morgan fingerprint density at radius 3 is 2.34 bits per heavy atom. The van der Waals surface area contributed by atoms with Gasteiger partial charge in [0.2, 0.25) is 0 Å². The van der Waals surface area contributed by atoms with E-state index < -0.39 is 34.2 Å². The van der Waals surface area contributed by atoms with Crippen molar-refractivity contribution in [3.63, 3.8) is 0 Å². The average Bonchev–Trinajstić information content (AvgIpc) is 2.87. The number of rotatable bonds is 7. The molecule has 0 bridgehead atoms. The molecule has 2 aromatic rings. The molecule has 0 spiro atoms. The van der Waals surface area contributed by atoms with Gasteiger partial charge in [0, 0.05) is 12.1 Å². The quantitative estimate of drug-likeness (QED) is 0.356. The van der Waals surface area contributed by atoms with Crippen LogP contribution < -0.4 is 15.4 Å². The van der Waals surface area contributed by atoms with E-state index in [-0.39, 0.29) is 35.0 Å². The second-order valence-electron chi connectivity index (χ2n) is 7.18. The standard InChI is InChI=1S/C24H22N4O7/c1-4-35-15-10-11-17(28(31)32)18(12-15)27-21(24(30)34-3)20(23(29)33-2)19(16(13-25)22(27)26)14-8-6-5-7-9-14/h5-12,19H,4,26H2,1-3H3. The Bertz CT molecular complexity index is 1280. The van der Waals surface area contributed by atoms with Crippen LogP contribution in [0.4, 0.5) is 11.4 Å². The van der Waals surface area contributed by atoms with Gasteiger partial charge in [-0.2, -0.15) is 5.26 Å². The highest BCUT2D eigenvalue weighted by Gasteiger charge is 2.44. The lowest BCUT2D eigenvalue weighted by Crippen LogP contribution is -2.41. The Balaban J connectivity index is 2.48. The summed E-state index contributed by atoms with van der Waals surface area (Å²) in [6.45, 7) is 1.98. The monoisotopic (exact) mass is 478 g/mol. The Hall–Kier alpha value is -4.85. The summed E-state index contributed by atoms with van der Waals surface area (Å²) in [6.07, 6.45) is 0. The largest absolute Gasteiger partial charge is 0.494 e. The number of nitro groups is 1. The van der Waals surface area contributed by atoms with Crippen LogP contribution in [0.3, 0.4) is 0 Å². The molecule has 35 heavy (non-hydrogen) atoms. The number of nitriles is 1. The second kappa shape index (κ2) is 10.4. The van der Waals surface area contributed by atoms with Gasteiger partial charge in [0.25, 0.3) is 5.69 Å². The number of methoxy groups -OCH3 is 2. The summed E-state index contributed by atoms with van der Waals surface area (Å²) in [4.78, 5) is 38.3. The second-order valence-corrected chi connectivity index (χ2v) is 7.18. The molecular weight excluding hydrogens is 456 g/mol. The number of benzene rings is 2.